The van der Waals surface area contributed by atoms with Gasteiger partial charge in [0.25, 0.3) is 0 Å². The Balaban J connectivity index is 0.000000556. The van der Waals surface area contributed by atoms with Crippen molar-refractivity contribution in [3.63, 3.8) is 0 Å². The third-order valence-corrected chi connectivity index (χ3v) is 6.85. The second kappa shape index (κ2) is 10.0. The van der Waals surface area contributed by atoms with Crippen molar-refractivity contribution < 1.29 is 15.0 Å². The molecule has 8 heteroatoms. The summed E-state index contributed by atoms with van der Waals surface area (Å²) in [7, 11) is 0. The summed E-state index contributed by atoms with van der Waals surface area (Å²) in [6, 6.07) is 11.6. The van der Waals surface area contributed by atoms with Gasteiger partial charge >= 0.3 is 5.97 Å². The van der Waals surface area contributed by atoms with Crippen LogP contribution in [0.3, 0.4) is 0 Å². The minimum atomic E-state index is -0.861. The fraction of sp³-hybridized carbons (Fsp3) is 0.250. The molecular weight excluding hydrogens is 494 g/mol. The SMILES string of the molecule is CC(C)(C)O.Cc1cc2nc(-c3cnc4[nH]cc(C)c4c3)sc2c(-c2ccc(Cl)cc2)c1CC(=O)O. The molecule has 0 aliphatic heterocycles. The quantitative estimate of drug-likeness (QED) is 0.232. The minimum absolute atomic E-state index is 0.0526. The Morgan fingerprint density at radius 2 is 1.75 bits per heavy atom. The molecule has 0 bridgehead atoms. The van der Waals surface area contributed by atoms with Gasteiger partial charge in [-0.2, -0.15) is 0 Å². The number of hydrogen-bond acceptors (Lipinski definition) is 5. The Morgan fingerprint density at radius 1 is 1.08 bits per heavy atom. The highest BCUT2D eigenvalue weighted by Gasteiger charge is 2.20. The summed E-state index contributed by atoms with van der Waals surface area (Å²) >= 11 is 7.65. The Kier molecular flexibility index (Phi) is 7.18. The molecule has 0 saturated carbocycles. The number of carboxylic acids is 1. The molecule has 2 aromatic carbocycles. The molecule has 3 N–H and O–H groups in total. The molecule has 0 fully saturated rings. The van der Waals surface area contributed by atoms with E-state index in [1.54, 1.807) is 32.1 Å². The highest BCUT2D eigenvalue weighted by molar-refractivity contribution is 7.22. The Hall–Kier alpha value is -3.26. The Bertz CT molecular complexity index is 1560. The summed E-state index contributed by atoms with van der Waals surface area (Å²) in [5.74, 6) is -0.861. The van der Waals surface area contributed by atoms with Crippen molar-refractivity contribution in [3.05, 3.63) is 70.5 Å². The summed E-state index contributed by atoms with van der Waals surface area (Å²) in [4.78, 5) is 24.2. The average molecular weight is 522 g/mol. The van der Waals surface area contributed by atoms with E-state index < -0.39 is 11.6 Å². The summed E-state index contributed by atoms with van der Waals surface area (Å²) in [6.07, 6.45) is 3.71. The maximum absolute atomic E-state index is 11.6. The Morgan fingerprint density at radius 3 is 2.39 bits per heavy atom. The van der Waals surface area contributed by atoms with Gasteiger partial charge in [-0.3, -0.25) is 4.79 Å². The Labute approximate surface area is 218 Å². The first-order chi connectivity index (χ1) is 16.9. The normalized spacial score (nSPS) is 11.5. The van der Waals surface area contributed by atoms with Gasteiger partial charge in [0, 0.05) is 33.9 Å². The van der Waals surface area contributed by atoms with Crippen molar-refractivity contribution in [2.75, 3.05) is 0 Å². The molecule has 0 radical (unpaired) electrons. The van der Waals surface area contributed by atoms with Gasteiger partial charge in [0.05, 0.1) is 22.2 Å². The number of thiazole rings is 1. The number of halogens is 1. The number of carboxylic acid groups (broad SMARTS) is 1. The van der Waals surface area contributed by atoms with Crippen molar-refractivity contribution in [1.29, 1.82) is 0 Å². The standard InChI is InChI=1S/C24H18ClN3O2S.C4H10O/c1-12-7-19-22(21(17(12)9-20(29)30)14-3-5-16(25)6-4-14)31-24(28-19)15-8-18-13(2)10-26-23(18)27-11-15;1-4(2,3)5/h3-8,10-11H,9H2,1-2H3,(H,26,27)(H,29,30);5H,1-3H3. The molecule has 5 rings (SSSR count). The number of aromatic nitrogens is 3. The number of benzene rings is 2. The van der Waals surface area contributed by atoms with Crippen LogP contribution in [0.5, 0.6) is 0 Å². The fourth-order valence-corrected chi connectivity index (χ4v) is 5.16. The molecule has 36 heavy (non-hydrogen) atoms. The highest BCUT2D eigenvalue weighted by Crippen LogP contribution is 2.41. The number of pyridine rings is 1. The van der Waals surface area contributed by atoms with E-state index in [9.17, 15) is 9.90 Å². The number of rotatable bonds is 4. The number of nitrogens with one attached hydrogen (secondary N) is 1. The predicted octanol–water partition coefficient (Wildman–Crippen LogP) is 7.18. The average Bonchev–Trinajstić information content (AvgIpc) is 3.37. The number of aryl methyl sites for hydroxylation is 2. The maximum Gasteiger partial charge on any atom is 0.307 e. The zero-order valence-electron chi connectivity index (χ0n) is 20.8. The smallest absolute Gasteiger partial charge is 0.307 e. The first kappa shape index (κ1) is 25.8. The van der Waals surface area contributed by atoms with E-state index in [0.717, 1.165) is 59.6 Å². The molecule has 3 aromatic heterocycles. The highest BCUT2D eigenvalue weighted by atomic mass is 35.5. The molecule has 0 aliphatic carbocycles. The molecule has 5 aromatic rings. The van der Waals surface area contributed by atoms with Crippen LogP contribution in [0.1, 0.15) is 37.5 Å². The van der Waals surface area contributed by atoms with E-state index in [0.29, 0.717) is 5.02 Å². The monoisotopic (exact) mass is 521 g/mol. The van der Waals surface area contributed by atoms with E-state index in [1.165, 1.54) is 0 Å². The summed E-state index contributed by atoms with van der Waals surface area (Å²) in [6.45, 7) is 9.21. The van der Waals surface area contributed by atoms with Crippen LogP contribution in [0, 0.1) is 13.8 Å². The van der Waals surface area contributed by atoms with Crippen LogP contribution in [0.25, 0.3) is 42.9 Å². The van der Waals surface area contributed by atoms with Crippen molar-refractivity contribution in [2.24, 2.45) is 0 Å². The topological polar surface area (TPSA) is 99.1 Å². The van der Waals surface area contributed by atoms with Crippen molar-refractivity contribution >= 4 is 50.2 Å². The number of hydrogen-bond donors (Lipinski definition) is 3. The van der Waals surface area contributed by atoms with Crippen molar-refractivity contribution in [2.45, 2.75) is 46.6 Å². The largest absolute Gasteiger partial charge is 0.481 e. The number of nitrogens with zero attached hydrogens (tertiary/aromatic N) is 2. The summed E-state index contributed by atoms with van der Waals surface area (Å²) in [5, 5.41) is 20.6. The van der Waals surface area contributed by atoms with Crippen LogP contribution in [-0.4, -0.2) is 36.7 Å². The number of aliphatic carboxylic acids is 1. The van der Waals surface area contributed by atoms with E-state index in [4.69, 9.17) is 21.7 Å². The first-order valence-corrected chi connectivity index (χ1v) is 12.7. The number of carbonyl (C=O) groups is 1. The van der Waals surface area contributed by atoms with Crippen LogP contribution >= 0.6 is 22.9 Å². The van der Waals surface area contributed by atoms with Gasteiger partial charge in [0.1, 0.15) is 10.7 Å². The van der Waals surface area contributed by atoms with Gasteiger partial charge in [-0.05, 0) is 81.1 Å². The molecule has 0 aliphatic rings. The number of aliphatic hydroxyl groups is 1. The van der Waals surface area contributed by atoms with Crippen LogP contribution in [0.4, 0.5) is 0 Å². The van der Waals surface area contributed by atoms with E-state index >= 15 is 0 Å². The second-order valence-corrected chi connectivity index (χ2v) is 11.2. The zero-order valence-corrected chi connectivity index (χ0v) is 22.4. The van der Waals surface area contributed by atoms with Crippen LogP contribution in [-0.2, 0) is 11.2 Å². The van der Waals surface area contributed by atoms with E-state index in [2.05, 4.69) is 16.0 Å². The predicted molar refractivity (Wildman–Crippen MR) is 148 cm³/mol. The van der Waals surface area contributed by atoms with Crippen LogP contribution in [0.2, 0.25) is 5.02 Å². The van der Waals surface area contributed by atoms with Gasteiger partial charge in [-0.15, -0.1) is 11.3 Å². The maximum atomic E-state index is 11.6. The molecule has 0 spiro atoms. The molecule has 186 valence electrons. The lowest BCUT2D eigenvalue weighted by atomic mass is 9.93. The molecule has 6 nitrogen and oxygen atoms in total. The molecule has 3 heterocycles. The lowest BCUT2D eigenvalue weighted by molar-refractivity contribution is -0.136. The molecule has 0 unspecified atom stereocenters. The lowest BCUT2D eigenvalue weighted by Crippen LogP contribution is -2.10. The molecule has 0 atom stereocenters. The zero-order chi connectivity index (χ0) is 26.2. The lowest BCUT2D eigenvalue weighted by Gasteiger charge is -2.13. The van der Waals surface area contributed by atoms with E-state index in [1.807, 2.05) is 56.6 Å². The number of aromatic amines is 1. The minimum Gasteiger partial charge on any atom is -0.481 e. The number of H-pyrrole nitrogens is 1. The van der Waals surface area contributed by atoms with Gasteiger partial charge < -0.3 is 15.2 Å². The van der Waals surface area contributed by atoms with E-state index in [-0.39, 0.29) is 6.42 Å². The van der Waals surface area contributed by atoms with Gasteiger partial charge in [0.2, 0.25) is 0 Å². The summed E-state index contributed by atoms with van der Waals surface area (Å²) in [5.41, 5.74) is 6.82. The molecule has 0 saturated heterocycles. The number of fused-ring (bicyclic) bond motifs is 2. The summed E-state index contributed by atoms with van der Waals surface area (Å²) < 4.78 is 0.963. The first-order valence-electron chi connectivity index (χ1n) is 11.5. The van der Waals surface area contributed by atoms with Gasteiger partial charge in [0.15, 0.2) is 0 Å². The van der Waals surface area contributed by atoms with Crippen LogP contribution < -0.4 is 0 Å². The third-order valence-electron chi connectivity index (χ3n) is 5.46. The molecular formula is C28H28ClN3O3S. The van der Waals surface area contributed by atoms with Crippen molar-refractivity contribution in [3.8, 4) is 21.7 Å². The third kappa shape index (κ3) is 5.75. The van der Waals surface area contributed by atoms with Gasteiger partial charge in [-0.25, -0.2) is 9.97 Å². The van der Waals surface area contributed by atoms with Crippen LogP contribution in [0.15, 0.2) is 48.8 Å². The fourth-order valence-electron chi connectivity index (χ4n) is 3.91. The van der Waals surface area contributed by atoms with Gasteiger partial charge in [-0.1, -0.05) is 23.7 Å². The second-order valence-electron chi connectivity index (χ2n) is 9.75. The molecule has 0 amide bonds. The van der Waals surface area contributed by atoms with Crippen molar-refractivity contribution in [1.82, 2.24) is 15.0 Å².